The molecule has 0 bridgehead atoms. The minimum atomic E-state index is 0.710. The molecule has 0 radical (unpaired) electrons. The zero-order valence-electron chi connectivity index (χ0n) is 17.5. The largest absolute Gasteiger partial charge is 0.495 e. The maximum atomic E-state index is 5.86. The van der Waals surface area contributed by atoms with Crippen LogP contribution in [0.3, 0.4) is 0 Å². The van der Waals surface area contributed by atoms with Crippen molar-refractivity contribution >= 4 is 11.4 Å². The van der Waals surface area contributed by atoms with E-state index in [4.69, 9.17) is 20.9 Å². The van der Waals surface area contributed by atoms with Gasteiger partial charge in [-0.2, -0.15) is 0 Å². The molecule has 0 aliphatic heterocycles. The standard InChI is InChI=1S/C24H36N2O2/c1-27-23-17-19(13-15-21(23)25)11-9-7-5-3-4-6-8-10-12-20-14-16-22(26)24(18-20)28-2/h13-18H,3-12,25-26H2,1-2H3. The van der Waals surface area contributed by atoms with Crippen molar-refractivity contribution in [1.29, 1.82) is 0 Å². The number of anilines is 2. The molecule has 0 aliphatic carbocycles. The lowest BCUT2D eigenvalue weighted by atomic mass is 10.0. The fourth-order valence-corrected chi connectivity index (χ4v) is 3.54. The van der Waals surface area contributed by atoms with Crippen molar-refractivity contribution < 1.29 is 9.47 Å². The maximum Gasteiger partial charge on any atom is 0.142 e. The van der Waals surface area contributed by atoms with Gasteiger partial charge in [-0.15, -0.1) is 0 Å². The molecule has 0 spiro atoms. The van der Waals surface area contributed by atoms with Crippen LogP contribution < -0.4 is 20.9 Å². The van der Waals surface area contributed by atoms with Crippen LogP contribution in [-0.2, 0) is 12.8 Å². The lowest BCUT2D eigenvalue weighted by Crippen LogP contribution is -1.94. The zero-order valence-corrected chi connectivity index (χ0v) is 17.5. The Morgan fingerprint density at radius 2 is 0.929 bits per heavy atom. The molecule has 0 saturated heterocycles. The molecule has 0 amide bonds. The van der Waals surface area contributed by atoms with Crippen molar-refractivity contribution in [3.8, 4) is 11.5 Å². The third-order valence-electron chi connectivity index (χ3n) is 5.28. The highest BCUT2D eigenvalue weighted by atomic mass is 16.5. The molecule has 4 heteroatoms. The molecule has 0 unspecified atom stereocenters. The fourth-order valence-electron chi connectivity index (χ4n) is 3.54. The number of aryl methyl sites for hydroxylation is 2. The number of benzene rings is 2. The van der Waals surface area contributed by atoms with Crippen molar-refractivity contribution in [2.24, 2.45) is 0 Å². The molecule has 2 aromatic rings. The van der Waals surface area contributed by atoms with E-state index in [1.165, 1.54) is 62.5 Å². The minimum absolute atomic E-state index is 0.710. The summed E-state index contributed by atoms with van der Waals surface area (Å²) in [4.78, 5) is 0. The SMILES string of the molecule is COc1cc(CCCCCCCCCCc2ccc(N)c(OC)c2)ccc1N. The van der Waals surface area contributed by atoms with Crippen molar-refractivity contribution in [1.82, 2.24) is 0 Å². The first kappa shape index (κ1) is 21.9. The molecule has 0 fully saturated rings. The highest BCUT2D eigenvalue weighted by Gasteiger charge is 2.02. The predicted octanol–water partition coefficient (Wildman–Crippen LogP) is 5.77. The van der Waals surface area contributed by atoms with E-state index in [9.17, 15) is 0 Å². The Balaban J connectivity index is 1.49. The van der Waals surface area contributed by atoms with Gasteiger partial charge in [0.25, 0.3) is 0 Å². The van der Waals surface area contributed by atoms with E-state index in [2.05, 4.69) is 24.3 Å². The smallest absolute Gasteiger partial charge is 0.142 e. The van der Waals surface area contributed by atoms with Crippen molar-refractivity contribution in [2.75, 3.05) is 25.7 Å². The zero-order chi connectivity index (χ0) is 20.2. The van der Waals surface area contributed by atoms with Crippen LogP contribution in [0.2, 0.25) is 0 Å². The molecule has 28 heavy (non-hydrogen) atoms. The third kappa shape index (κ3) is 7.34. The van der Waals surface area contributed by atoms with E-state index in [1.54, 1.807) is 14.2 Å². The Hall–Kier alpha value is -2.36. The number of hydrogen-bond acceptors (Lipinski definition) is 4. The van der Waals surface area contributed by atoms with Gasteiger partial charge in [-0.1, -0.05) is 50.7 Å². The normalized spacial score (nSPS) is 10.8. The van der Waals surface area contributed by atoms with E-state index in [0.717, 1.165) is 24.3 Å². The van der Waals surface area contributed by atoms with Gasteiger partial charge in [-0.25, -0.2) is 0 Å². The lowest BCUT2D eigenvalue weighted by molar-refractivity contribution is 0.416. The van der Waals surface area contributed by atoms with Gasteiger partial charge in [0.1, 0.15) is 11.5 Å². The third-order valence-corrected chi connectivity index (χ3v) is 5.28. The van der Waals surface area contributed by atoms with Gasteiger partial charge in [-0.3, -0.25) is 0 Å². The summed E-state index contributed by atoms with van der Waals surface area (Å²) < 4.78 is 10.6. The molecule has 154 valence electrons. The minimum Gasteiger partial charge on any atom is -0.495 e. The van der Waals surface area contributed by atoms with Crippen LogP contribution >= 0.6 is 0 Å². The number of nitrogen functional groups attached to an aromatic ring is 2. The van der Waals surface area contributed by atoms with Gasteiger partial charge >= 0.3 is 0 Å². The van der Waals surface area contributed by atoms with Crippen LogP contribution in [0.5, 0.6) is 11.5 Å². The summed E-state index contributed by atoms with van der Waals surface area (Å²) >= 11 is 0. The summed E-state index contributed by atoms with van der Waals surface area (Å²) in [7, 11) is 3.34. The van der Waals surface area contributed by atoms with E-state index >= 15 is 0 Å². The summed E-state index contributed by atoms with van der Waals surface area (Å²) in [5.74, 6) is 1.57. The van der Waals surface area contributed by atoms with E-state index < -0.39 is 0 Å². The van der Waals surface area contributed by atoms with Crippen molar-refractivity contribution in [3.05, 3.63) is 47.5 Å². The summed E-state index contributed by atoms with van der Waals surface area (Å²) in [6.07, 6.45) is 12.5. The topological polar surface area (TPSA) is 70.5 Å². The highest BCUT2D eigenvalue weighted by molar-refractivity contribution is 5.54. The molecular weight excluding hydrogens is 348 g/mol. The second-order valence-corrected chi connectivity index (χ2v) is 7.48. The monoisotopic (exact) mass is 384 g/mol. The maximum absolute atomic E-state index is 5.86. The quantitative estimate of drug-likeness (QED) is 0.339. The van der Waals surface area contributed by atoms with Gasteiger partial charge in [0.2, 0.25) is 0 Å². The first-order valence-electron chi connectivity index (χ1n) is 10.5. The first-order chi connectivity index (χ1) is 13.6. The lowest BCUT2D eigenvalue weighted by Gasteiger charge is -2.08. The van der Waals surface area contributed by atoms with Gasteiger partial charge in [0.05, 0.1) is 25.6 Å². The second-order valence-electron chi connectivity index (χ2n) is 7.48. The molecule has 2 aromatic carbocycles. The predicted molar refractivity (Wildman–Crippen MR) is 119 cm³/mol. The molecule has 0 aromatic heterocycles. The van der Waals surface area contributed by atoms with E-state index in [0.29, 0.717) is 11.4 Å². The Kier molecular flexibility index (Phi) is 9.53. The first-order valence-corrected chi connectivity index (χ1v) is 10.5. The Morgan fingerprint density at radius 3 is 1.29 bits per heavy atom. The van der Waals surface area contributed by atoms with Gasteiger partial charge < -0.3 is 20.9 Å². The molecule has 4 N–H and O–H groups in total. The van der Waals surface area contributed by atoms with Crippen LogP contribution in [0.25, 0.3) is 0 Å². The van der Waals surface area contributed by atoms with Gasteiger partial charge in [-0.05, 0) is 61.1 Å². The average molecular weight is 385 g/mol. The summed E-state index contributed by atoms with van der Waals surface area (Å²) in [5.41, 5.74) is 15.8. The average Bonchev–Trinajstić information content (AvgIpc) is 2.71. The Morgan fingerprint density at radius 1 is 0.571 bits per heavy atom. The Labute approximate surface area is 170 Å². The van der Waals surface area contributed by atoms with Crippen LogP contribution in [0, 0.1) is 0 Å². The van der Waals surface area contributed by atoms with E-state index in [1.807, 2.05) is 12.1 Å². The van der Waals surface area contributed by atoms with E-state index in [-0.39, 0.29) is 0 Å². The fraction of sp³-hybridized carbons (Fsp3) is 0.500. The number of nitrogens with two attached hydrogens (primary N) is 2. The Bertz CT molecular complexity index is 654. The molecule has 4 nitrogen and oxygen atoms in total. The molecule has 0 saturated carbocycles. The van der Waals surface area contributed by atoms with Crippen LogP contribution in [-0.4, -0.2) is 14.2 Å². The summed E-state index contributed by atoms with van der Waals surface area (Å²) in [6, 6.07) is 12.2. The number of unbranched alkanes of at least 4 members (excludes halogenated alkanes) is 7. The number of hydrogen-bond donors (Lipinski definition) is 2. The molecular formula is C24H36N2O2. The highest BCUT2D eigenvalue weighted by Crippen LogP contribution is 2.24. The molecule has 0 aliphatic rings. The summed E-state index contributed by atoms with van der Waals surface area (Å²) in [5, 5.41) is 0. The van der Waals surface area contributed by atoms with Crippen molar-refractivity contribution in [3.63, 3.8) is 0 Å². The number of rotatable bonds is 13. The number of ether oxygens (including phenoxy) is 2. The summed E-state index contributed by atoms with van der Waals surface area (Å²) in [6.45, 7) is 0. The van der Waals surface area contributed by atoms with Crippen LogP contribution in [0.4, 0.5) is 11.4 Å². The van der Waals surface area contributed by atoms with Gasteiger partial charge in [0, 0.05) is 0 Å². The molecule has 0 atom stereocenters. The number of methoxy groups -OCH3 is 2. The van der Waals surface area contributed by atoms with Crippen LogP contribution in [0.1, 0.15) is 62.5 Å². The second kappa shape index (κ2) is 12.2. The van der Waals surface area contributed by atoms with Crippen LogP contribution in [0.15, 0.2) is 36.4 Å². The molecule has 2 rings (SSSR count). The molecule has 0 heterocycles. The van der Waals surface area contributed by atoms with Gasteiger partial charge in [0.15, 0.2) is 0 Å². The van der Waals surface area contributed by atoms with Crippen molar-refractivity contribution in [2.45, 2.75) is 64.2 Å².